The summed E-state index contributed by atoms with van der Waals surface area (Å²) < 4.78 is 36.8. The van der Waals surface area contributed by atoms with E-state index in [4.69, 9.17) is 20.4 Å². The second-order valence-corrected chi connectivity index (χ2v) is 4.58. The average molecular weight is 318 g/mol. The molecule has 1 aromatic carbocycles. The first-order valence-corrected chi connectivity index (χ1v) is 6.35. The normalized spacial score (nSPS) is 12.6. The quantitative estimate of drug-likeness (QED) is 0.807. The number of halogens is 3. The number of fused-ring (bicyclic) bond motifs is 1. The van der Waals surface area contributed by atoms with Gasteiger partial charge in [-0.15, -0.1) is 0 Å². The van der Waals surface area contributed by atoms with Gasteiger partial charge in [0.1, 0.15) is 0 Å². The fraction of sp³-hybridized carbons (Fsp3) is 0.357. The van der Waals surface area contributed by atoms with E-state index in [-0.39, 0.29) is 6.04 Å². The molecule has 0 fully saturated rings. The molecule has 0 spiro atoms. The molecular formula is C14H17F3N2O3. The lowest BCUT2D eigenvalue weighted by Gasteiger charge is -2.08. The Labute approximate surface area is 124 Å². The van der Waals surface area contributed by atoms with Crippen molar-refractivity contribution in [2.24, 2.45) is 5.73 Å². The molecule has 0 amide bonds. The number of aliphatic carboxylic acids is 1. The Balaban J connectivity index is 0.000000295. The summed E-state index contributed by atoms with van der Waals surface area (Å²) in [4.78, 5) is 12.1. The van der Waals surface area contributed by atoms with Crippen molar-refractivity contribution in [3.63, 3.8) is 0 Å². The van der Waals surface area contributed by atoms with Gasteiger partial charge in [-0.25, -0.2) is 4.79 Å². The molecule has 0 saturated heterocycles. The number of carbonyl (C=O) groups is 1. The van der Waals surface area contributed by atoms with Crippen LogP contribution in [-0.2, 0) is 16.0 Å². The number of H-pyrrole nitrogens is 1. The van der Waals surface area contributed by atoms with Gasteiger partial charge in [-0.2, -0.15) is 13.2 Å². The monoisotopic (exact) mass is 318 g/mol. The molecule has 1 unspecified atom stereocenters. The zero-order valence-electron chi connectivity index (χ0n) is 11.9. The number of hydrogen-bond acceptors (Lipinski definition) is 3. The average Bonchev–Trinajstić information content (AvgIpc) is 2.82. The van der Waals surface area contributed by atoms with E-state index in [2.05, 4.69) is 17.1 Å². The second-order valence-electron chi connectivity index (χ2n) is 4.58. The molecule has 2 rings (SSSR count). The number of alkyl halides is 3. The van der Waals surface area contributed by atoms with Gasteiger partial charge in [0.25, 0.3) is 0 Å². The fourth-order valence-electron chi connectivity index (χ4n) is 1.86. The van der Waals surface area contributed by atoms with E-state index >= 15 is 0 Å². The maximum Gasteiger partial charge on any atom is 0.490 e. The predicted octanol–water partition coefficient (Wildman–Crippen LogP) is 2.32. The number of aromatic nitrogens is 1. The number of para-hydroxylation sites is 1. The lowest BCUT2D eigenvalue weighted by Crippen LogP contribution is -2.27. The van der Waals surface area contributed by atoms with Crippen LogP contribution < -0.4 is 5.73 Å². The van der Waals surface area contributed by atoms with E-state index in [1.165, 1.54) is 10.9 Å². The van der Waals surface area contributed by atoms with Crippen molar-refractivity contribution >= 4 is 16.9 Å². The highest BCUT2D eigenvalue weighted by molar-refractivity contribution is 5.83. The van der Waals surface area contributed by atoms with E-state index in [0.29, 0.717) is 6.61 Å². The number of ether oxygens (including phenoxy) is 1. The Bertz CT molecular complexity index is 611. The summed E-state index contributed by atoms with van der Waals surface area (Å²) in [5.41, 5.74) is 8.35. The number of carboxylic acid groups (broad SMARTS) is 1. The van der Waals surface area contributed by atoms with Gasteiger partial charge in [0.05, 0.1) is 6.61 Å². The number of hydrogen-bond donors (Lipinski definition) is 3. The molecule has 1 heterocycles. The molecule has 0 aliphatic heterocycles. The zero-order chi connectivity index (χ0) is 16.8. The van der Waals surface area contributed by atoms with E-state index in [1.807, 2.05) is 18.3 Å². The van der Waals surface area contributed by atoms with Crippen LogP contribution >= 0.6 is 0 Å². The SMILES string of the molecule is COCC(N)Cc1c[nH]c2ccccc12.O=C(O)C(F)(F)F. The van der Waals surface area contributed by atoms with Crippen LogP contribution in [0.4, 0.5) is 13.2 Å². The summed E-state index contributed by atoms with van der Waals surface area (Å²) in [6.07, 6.45) is -2.21. The van der Waals surface area contributed by atoms with Gasteiger partial charge in [-0.05, 0) is 18.1 Å². The van der Waals surface area contributed by atoms with Crippen LogP contribution in [0.15, 0.2) is 30.5 Å². The third-order valence-electron chi connectivity index (χ3n) is 2.78. The van der Waals surface area contributed by atoms with Crippen LogP contribution in [0.1, 0.15) is 5.56 Å². The minimum Gasteiger partial charge on any atom is -0.475 e. The standard InChI is InChI=1S/C12H16N2O.C2HF3O2/c1-15-8-10(13)6-9-7-14-12-5-3-2-4-11(9)12;3-2(4,5)1(6)7/h2-5,7,10,14H,6,8,13H2,1H3;(H,6,7). The lowest BCUT2D eigenvalue weighted by molar-refractivity contribution is -0.192. The molecular weight excluding hydrogens is 301 g/mol. The lowest BCUT2D eigenvalue weighted by atomic mass is 10.1. The first-order chi connectivity index (χ1) is 10.3. The first-order valence-electron chi connectivity index (χ1n) is 6.35. The third kappa shape index (κ3) is 5.38. The highest BCUT2D eigenvalue weighted by atomic mass is 19.4. The van der Waals surface area contributed by atoms with Crippen molar-refractivity contribution < 1.29 is 27.8 Å². The predicted molar refractivity (Wildman–Crippen MR) is 75.5 cm³/mol. The van der Waals surface area contributed by atoms with Gasteiger partial charge < -0.3 is 20.6 Å². The van der Waals surface area contributed by atoms with Crippen molar-refractivity contribution in [1.82, 2.24) is 4.98 Å². The van der Waals surface area contributed by atoms with Gasteiger partial charge in [-0.1, -0.05) is 18.2 Å². The van der Waals surface area contributed by atoms with Crippen molar-refractivity contribution in [3.05, 3.63) is 36.0 Å². The van der Waals surface area contributed by atoms with Gasteiger partial charge in [0.15, 0.2) is 0 Å². The van der Waals surface area contributed by atoms with Gasteiger partial charge in [-0.3, -0.25) is 0 Å². The van der Waals surface area contributed by atoms with Crippen molar-refractivity contribution in [2.75, 3.05) is 13.7 Å². The Morgan fingerprint density at radius 1 is 1.41 bits per heavy atom. The number of aromatic amines is 1. The molecule has 22 heavy (non-hydrogen) atoms. The molecule has 2 aromatic rings. The molecule has 122 valence electrons. The van der Waals surface area contributed by atoms with E-state index < -0.39 is 12.1 Å². The molecule has 5 nitrogen and oxygen atoms in total. The van der Waals surface area contributed by atoms with Crippen LogP contribution in [0, 0.1) is 0 Å². The summed E-state index contributed by atoms with van der Waals surface area (Å²) in [5.74, 6) is -2.76. The fourth-order valence-corrected chi connectivity index (χ4v) is 1.86. The summed E-state index contributed by atoms with van der Waals surface area (Å²) in [7, 11) is 1.68. The Kier molecular flexibility index (Phi) is 6.39. The molecule has 0 bridgehead atoms. The minimum atomic E-state index is -5.08. The Morgan fingerprint density at radius 2 is 2.00 bits per heavy atom. The second kappa shape index (κ2) is 7.81. The summed E-state index contributed by atoms with van der Waals surface area (Å²) in [6, 6.07) is 8.31. The Hall–Kier alpha value is -2.06. The highest BCUT2D eigenvalue weighted by Crippen LogP contribution is 2.18. The van der Waals surface area contributed by atoms with Crippen LogP contribution in [-0.4, -0.2) is 42.0 Å². The van der Waals surface area contributed by atoms with Crippen molar-refractivity contribution in [1.29, 1.82) is 0 Å². The molecule has 0 radical (unpaired) electrons. The number of benzene rings is 1. The minimum absolute atomic E-state index is 0.0641. The molecule has 1 aromatic heterocycles. The van der Waals surface area contributed by atoms with E-state index in [9.17, 15) is 13.2 Å². The van der Waals surface area contributed by atoms with E-state index in [1.54, 1.807) is 7.11 Å². The number of nitrogens with two attached hydrogens (primary N) is 1. The van der Waals surface area contributed by atoms with Gasteiger partial charge in [0.2, 0.25) is 0 Å². The topological polar surface area (TPSA) is 88.3 Å². The van der Waals surface area contributed by atoms with Crippen LogP contribution in [0.25, 0.3) is 10.9 Å². The number of methoxy groups -OCH3 is 1. The highest BCUT2D eigenvalue weighted by Gasteiger charge is 2.38. The van der Waals surface area contributed by atoms with Gasteiger partial charge >= 0.3 is 12.1 Å². The van der Waals surface area contributed by atoms with Gasteiger partial charge in [0, 0.05) is 30.3 Å². The molecule has 0 saturated carbocycles. The molecule has 0 aliphatic rings. The van der Waals surface area contributed by atoms with Crippen LogP contribution in [0.5, 0.6) is 0 Å². The summed E-state index contributed by atoms with van der Waals surface area (Å²) in [5, 5.41) is 8.38. The first kappa shape index (κ1) is 18.0. The van der Waals surface area contributed by atoms with E-state index in [0.717, 1.165) is 11.9 Å². The maximum absolute atomic E-state index is 10.6. The maximum atomic E-state index is 10.6. The largest absolute Gasteiger partial charge is 0.490 e. The molecule has 0 aliphatic carbocycles. The summed E-state index contributed by atoms with van der Waals surface area (Å²) in [6.45, 7) is 0.597. The number of nitrogens with one attached hydrogen (secondary N) is 1. The van der Waals surface area contributed by atoms with Crippen LogP contribution in [0.3, 0.4) is 0 Å². The molecule has 1 atom stereocenters. The van der Waals surface area contributed by atoms with Crippen molar-refractivity contribution in [2.45, 2.75) is 18.6 Å². The molecule has 8 heteroatoms. The number of rotatable bonds is 4. The number of carboxylic acids is 1. The zero-order valence-corrected chi connectivity index (χ0v) is 11.9. The van der Waals surface area contributed by atoms with Crippen molar-refractivity contribution in [3.8, 4) is 0 Å². The smallest absolute Gasteiger partial charge is 0.475 e. The Morgan fingerprint density at radius 3 is 2.55 bits per heavy atom. The summed E-state index contributed by atoms with van der Waals surface area (Å²) >= 11 is 0. The molecule has 4 N–H and O–H groups in total. The van der Waals surface area contributed by atoms with Crippen LogP contribution in [0.2, 0.25) is 0 Å². The third-order valence-corrected chi connectivity index (χ3v) is 2.78.